The molecule has 5 nitrogen and oxygen atoms in total. The van der Waals surface area contributed by atoms with Crippen molar-refractivity contribution in [2.24, 2.45) is 0 Å². The predicted molar refractivity (Wildman–Crippen MR) is 69.2 cm³/mol. The van der Waals surface area contributed by atoms with E-state index in [1.165, 1.54) is 0 Å². The number of aryl methyl sites for hydroxylation is 1. The molecule has 98 valence electrons. The Hall–Kier alpha value is -1.62. The number of aromatic nitrogens is 3. The fourth-order valence-electron chi connectivity index (χ4n) is 1.61. The van der Waals surface area contributed by atoms with Crippen LogP contribution < -0.4 is 5.32 Å². The topological polar surface area (TPSA) is 55.9 Å². The molecule has 2 rings (SSSR count). The number of hydrogen-bond donors (Lipinski definition) is 1. The quantitative estimate of drug-likeness (QED) is 0.900. The maximum atomic E-state index is 5.32. The van der Waals surface area contributed by atoms with Crippen LogP contribution in [0.2, 0.25) is 0 Å². The van der Waals surface area contributed by atoms with E-state index in [1.54, 1.807) is 6.20 Å². The molecule has 2 aromatic rings. The third kappa shape index (κ3) is 3.43. The second kappa shape index (κ2) is 4.94. The van der Waals surface area contributed by atoms with Crippen LogP contribution in [0.4, 0.5) is 0 Å². The molecule has 2 aromatic heterocycles. The molecule has 0 aromatic carbocycles. The Balaban J connectivity index is 1.96. The minimum Gasteiger partial charge on any atom is -0.359 e. The van der Waals surface area contributed by atoms with Gasteiger partial charge in [0.2, 0.25) is 0 Å². The van der Waals surface area contributed by atoms with E-state index in [9.17, 15) is 0 Å². The van der Waals surface area contributed by atoms with Gasteiger partial charge in [-0.15, -0.1) is 0 Å². The molecule has 0 saturated carbocycles. The van der Waals surface area contributed by atoms with Crippen LogP contribution in [0, 0.1) is 6.92 Å². The number of nitrogens with zero attached hydrogens (tertiary/aromatic N) is 3. The van der Waals surface area contributed by atoms with Gasteiger partial charge in [0.25, 0.3) is 0 Å². The molecule has 2 heterocycles. The molecule has 1 N–H and O–H groups in total. The maximum Gasteiger partial charge on any atom is 0.156 e. The van der Waals surface area contributed by atoms with Gasteiger partial charge in [-0.2, -0.15) is 0 Å². The van der Waals surface area contributed by atoms with E-state index in [-0.39, 0.29) is 5.54 Å². The average Bonchev–Trinajstić information content (AvgIpc) is 2.86. The zero-order valence-electron chi connectivity index (χ0n) is 11.4. The van der Waals surface area contributed by atoms with Crippen molar-refractivity contribution in [1.29, 1.82) is 0 Å². The summed E-state index contributed by atoms with van der Waals surface area (Å²) < 4.78 is 7.35. The summed E-state index contributed by atoms with van der Waals surface area (Å²) in [5, 5.41) is 7.44. The van der Waals surface area contributed by atoms with E-state index in [2.05, 4.69) is 36.2 Å². The lowest BCUT2D eigenvalue weighted by molar-refractivity contribution is 0.360. The van der Waals surface area contributed by atoms with Gasteiger partial charge >= 0.3 is 0 Å². The van der Waals surface area contributed by atoms with Gasteiger partial charge in [0.05, 0.1) is 12.2 Å². The van der Waals surface area contributed by atoms with Gasteiger partial charge in [-0.3, -0.25) is 0 Å². The third-order valence-corrected chi connectivity index (χ3v) is 2.66. The molecule has 0 aliphatic rings. The Morgan fingerprint density at radius 1 is 1.39 bits per heavy atom. The van der Waals surface area contributed by atoms with Crippen molar-refractivity contribution < 1.29 is 4.52 Å². The highest BCUT2D eigenvalue weighted by Gasteiger charge is 2.11. The molecule has 18 heavy (non-hydrogen) atoms. The molecule has 0 aliphatic carbocycles. The smallest absolute Gasteiger partial charge is 0.156 e. The van der Waals surface area contributed by atoms with Crippen LogP contribution in [0.15, 0.2) is 23.0 Å². The first kappa shape index (κ1) is 12.8. The Bertz CT molecular complexity index is 507. The summed E-state index contributed by atoms with van der Waals surface area (Å²) in [6, 6.07) is 1.98. The van der Waals surface area contributed by atoms with E-state index in [0.717, 1.165) is 23.8 Å². The molecule has 0 amide bonds. The standard InChI is InChI=1S/C13H20N4O/c1-10-14-5-6-17(10)9-12-7-11(16-18-12)8-15-13(2,3)4/h5-7,15H,8-9H2,1-4H3. The van der Waals surface area contributed by atoms with Crippen LogP contribution in [-0.2, 0) is 13.1 Å². The van der Waals surface area contributed by atoms with Crippen molar-refractivity contribution in [3.63, 3.8) is 0 Å². The predicted octanol–water partition coefficient (Wildman–Crippen LogP) is 2.12. The van der Waals surface area contributed by atoms with E-state index >= 15 is 0 Å². The van der Waals surface area contributed by atoms with E-state index in [1.807, 2.05) is 23.8 Å². The van der Waals surface area contributed by atoms with Crippen molar-refractivity contribution in [3.05, 3.63) is 35.7 Å². The monoisotopic (exact) mass is 248 g/mol. The zero-order valence-corrected chi connectivity index (χ0v) is 11.4. The van der Waals surface area contributed by atoms with Crippen molar-refractivity contribution in [2.75, 3.05) is 0 Å². The van der Waals surface area contributed by atoms with E-state index in [4.69, 9.17) is 4.52 Å². The van der Waals surface area contributed by atoms with Crippen LogP contribution in [-0.4, -0.2) is 20.2 Å². The molecule has 0 spiro atoms. The molecular formula is C13H20N4O. The minimum absolute atomic E-state index is 0.0834. The lowest BCUT2D eigenvalue weighted by Gasteiger charge is -2.19. The number of imidazole rings is 1. The van der Waals surface area contributed by atoms with Crippen LogP contribution in [0.1, 0.15) is 38.0 Å². The van der Waals surface area contributed by atoms with Gasteiger partial charge in [0.15, 0.2) is 5.76 Å². The van der Waals surface area contributed by atoms with Crippen molar-refractivity contribution in [2.45, 2.75) is 46.3 Å². The molecular weight excluding hydrogens is 228 g/mol. The summed E-state index contributed by atoms with van der Waals surface area (Å²) in [7, 11) is 0. The van der Waals surface area contributed by atoms with Crippen LogP contribution >= 0.6 is 0 Å². The first-order valence-corrected chi connectivity index (χ1v) is 6.11. The molecule has 0 fully saturated rings. The van der Waals surface area contributed by atoms with Gasteiger partial charge in [-0.1, -0.05) is 5.16 Å². The minimum atomic E-state index is 0.0834. The highest BCUT2D eigenvalue weighted by atomic mass is 16.5. The highest BCUT2D eigenvalue weighted by molar-refractivity contribution is 5.07. The van der Waals surface area contributed by atoms with Gasteiger partial charge in [0, 0.05) is 30.5 Å². The van der Waals surface area contributed by atoms with Gasteiger partial charge < -0.3 is 14.4 Å². The SMILES string of the molecule is Cc1nccn1Cc1cc(CNC(C)(C)C)no1. The second-order valence-electron chi connectivity index (χ2n) is 5.49. The summed E-state index contributed by atoms with van der Waals surface area (Å²) >= 11 is 0. The van der Waals surface area contributed by atoms with E-state index < -0.39 is 0 Å². The lowest BCUT2D eigenvalue weighted by atomic mass is 10.1. The fraction of sp³-hybridized carbons (Fsp3) is 0.538. The van der Waals surface area contributed by atoms with Crippen molar-refractivity contribution in [1.82, 2.24) is 20.0 Å². The lowest BCUT2D eigenvalue weighted by Crippen LogP contribution is -2.35. The number of nitrogens with one attached hydrogen (secondary N) is 1. The zero-order chi connectivity index (χ0) is 13.2. The summed E-state index contributed by atoms with van der Waals surface area (Å²) in [5.41, 5.74) is 1.01. The first-order chi connectivity index (χ1) is 8.44. The van der Waals surface area contributed by atoms with Gasteiger partial charge in [-0.05, 0) is 27.7 Å². The Morgan fingerprint density at radius 3 is 2.78 bits per heavy atom. The molecule has 5 heteroatoms. The average molecular weight is 248 g/mol. The fourth-order valence-corrected chi connectivity index (χ4v) is 1.61. The first-order valence-electron chi connectivity index (χ1n) is 6.11. The third-order valence-electron chi connectivity index (χ3n) is 2.66. The summed E-state index contributed by atoms with van der Waals surface area (Å²) in [6.45, 7) is 9.75. The summed E-state index contributed by atoms with van der Waals surface area (Å²) in [4.78, 5) is 4.18. The Morgan fingerprint density at radius 2 is 2.17 bits per heavy atom. The van der Waals surface area contributed by atoms with Crippen LogP contribution in [0.3, 0.4) is 0 Å². The normalized spacial score (nSPS) is 12.0. The molecule has 0 radical (unpaired) electrons. The van der Waals surface area contributed by atoms with Gasteiger partial charge in [-0.25, -0.2) is 4.98 Å². The van der Waals surface area contributed by atoms with Crippen LogP contribution in [0.5, 0.6) is 0 Å². The number of rotatable bonds is 4. The van der Waals surface area contributed by atoms with Crippen molar-refractivity contribution >= 4 is 0 Å². The summed E-state index contributed by atoms with van der Waals surface area (Å²) in [6.07, 6.45) is 3.72. The van der Waals surface area contributed by atoms with Crippen LogP contribution in [0.25, 0.3) is 0 Å². The summed E-state index contributed by atoms with van der Waals surface area (Å²) in [5.74, 6) is 1.82. The Kier molecular flexibility index (Phi) is 3.52. The number of hydrogen-bond acceptors (Lipinski definition) is 4. The maximum absolute atomic E-state index is 5.32. The van der Waals surface area contributed by atoms with E-state index in [0.29, 0.717) is 6.54 Å². The second-order valence-corrected chi connectivity index (χ2v) is 5.49. The largest absolute Gasteiger partial charge is 0.359 e. The highest BCUT2D eigenvalue weighted by Crippen LogP contribution is 2.09. The molecule has 0 atom stereocenters. The molecule has 0 aliphatic heterocycles. The molecule has 0 unspecified atom stereocenters. The van der Waals surface area contributed by atoms with Gasteiger partial charge in [0.1, 0.15) is 5.82 Å². The Labute approximate surface area is 107 Å². The molecule has 0 bridgehead atoms. The molecule has 0 saturated heterocycles. The van der Waals surface area contributed by atoms with Crippen molar-refractivity contribution in [3.8, 4) is 0 Å².